The van der Waals surface area contributed by atoms with Crippen LogP contribution in [0.5, 0.6) is 17.2 Å². The largest absolute Gasteiger partial charge is 0.497 e. The van der Waals surface area contributed by atoms with Gasteiger partial charge in [-0.05, 0) is 90.5 Å². The molecule has 8 nitrogen and oxygen atoms in total. The molecular formula is C30H23ClN4O4S. The molecule has 0 spiro atoms. The molecule has 0 saturated carbocycles. The quantitative estimate of drug-likeness (QED) is 0.0998. The van der Waals surface area contributed by atoms with Gasteiger partial charge in [0.25, 0.3) is 11.5 Å². The number of amides is 1. The van der Waals surface area contributed by atoms with Gasteiger partial charge in [-0.2, -0.15) is 5.10 Å². The second-order valence-corrected chi connectivity index (χ2v) is 9.84. The number of ether oxygens (including phenoxy) is 2. The molecule has 0 aliphatic rings. The van der Waals surface area contributed by atoms with Crippen LogP contribution in [-0.4, -0.2) is 34.5 Å². The van der Waals surface area contributed by atoms with E-state index in [9.17, 15) is 9.59 Å². The Balaban J connectivity index is 1.22. The maximum atomic E-state index is 13.3. The number of halogens is 1. The summed E-state index contributed by atoms with van der Waals surface area (Å²) in [6.45, 7) is 0. The van der Waals surface area contributed by atoms with Crippen molar-refractivity contribution in [2.24, 2.45) is 5.10 Å². The first-order valence-corrected chi connectivity index (χ1v) is 13.5. The zero-order valence-corrected chi connectivity index (χ0v) is 22.9. The molecule has 0 aliphatic heterocycles. The van der Waals surface area contributed by atoms with Gasteiger partial charge in [0, 0.05) is 5.02 Å². The normalized spacial score (nSPS) is 11.1. The van der Waals surface area contributed by atoms with Crippen LogP contribution < -0.4 is 20.5 Å². The van der Waals surface area contributed by atoms with Crippen LogP contribution in [0.1, 0.15) is 5.56 Å². The Morgan fingerprint density at radius 1 is 0.950 bits per heavy atom. The first-order valence-electron chi connectivity index (χ1n) is 12.1. The van der Waals surface area contributed by atoms with Gasteiger partial charge < -0.3 is 9.47 Å². The maximum absolute atomic E-state index is 13.3. The van der Waals surface area contributed by atoms with E-state index >= 15 is 0 Å². The third-order valence-corrected chi connectivity index (χ3v) is 6.93. The van der Waals surface area contributed by atoms with Gasteiger partial charge in [0.05, 0.1) is 35.7 Å². The molecule has 0 atom stereocenters. The molecule has 0 fully saturated rings. The number of nitrogens with zero attached hydrogens (tertiary/aromatic N) is 3. The van der Waals surface area contributed by atoms with Crippen molar-refractivity contribution in [1.29, 1.82) is 0 Å². The van der Waals surface area contributed by atoms with Gasteiger partial charge in [-0.15, -0.1) is 0 Å². The number of aromatic nitrogens is 2. The van der Waals surface area contributed by atoms with Crippen LogP contribution in [0.3, 0.4) is 0 Å². The second kappa shape index (κ2) is 12.5. The van der Waals surface area contributed by atoms with Gasteiger partial charge >= 0.3 is 0 Å². The molecule has 10 heteroatoms. The van der Waals surface area contributed by atoms with Crippen molar-refractivity contribution < 1.29 is 14.3 Å². The third-order valence-electron chi connectivity index (χ3n) is 5.74. The molecule has 0 radical (unpaired) electrons. The molecule has 0 unspecified atom stereocenters. The highest BCUT2D eigenvalue weighted by atomic mass is 35.5. The van der Waals surface area contributed by atoms with Gasteiger partial charge in [-0.25, -0.2) is 10.4 Å². The van der Waals surface area contributed by atoms with Gasteiger partial charge in [-0.3, -0.25) is 14.2 Å². The summed E-state index contributed by atoms with van der Waals surface area (Å²) in [5.74, 6) is 1.77. The summed E-state index contributed by atoms with van der Waals surface area (Å²) in [5.41, 5.74) is 4.23. The van der Waals surface area contributed by atoms with Crippen molar-refractivity contribution in [2.45, 2.75) is 5.16 Å². The minimum atomic E-state index is -0.342. The van der Waals surface area contributed by atoms with Crippen molar-refractivity contribution in [3.63, 3.8) is 0 Å². The lowest BCUT2D eigenvalue weighted by molar-refractivity contribution is -0.118. The molecule has 5 rings (SSSR count). The first kappa shape index (κ1) is 27.0. The number of benzene rings is 4. The molecular weight excluding hydrogens is 548 g/mol. The topological polar surface area (TPSA) is 94.8 Å². The molecule has 4 aromatic carbocycles. The summed E-state index contributed by atoms with van der Waals surface area (Å²) in [4.78, 5) is 30.5. The molecule has 5 aromatic rings. The first-order chi connectivity index (χ1) is 19.5. The Labute approximate surface area is 239 Å². The molecule has 200 valence electrons. The van der Waals surface area contributed by atoms with E-state index < -0.39 is 0 Å². The average molecular weight is 571 g/mol. The number of carbonyl (C=O) groups excluding carboxylic acids is 1. The fourth-order valence-corrected chi connectivity index (χ4v) is 4.70. The average Bonchev–Trinajstić information content (AvgIpc) is 2.98. The lowest BCUT2D eigenvalue weighted by Gasteiger charge is -2.13. The zero-order chi connectivity index (χ0) is 27.9. The predicted molar refractivity (Wildman–Crippen MR) is 158 cm³/mol. The Bertz CT molecular complexity index is 1720. The van der Waals surface area contributed by atoms with E-state index in [4.69, 9.17) is 21.1 Å². The number of thioether (sulfide) groups is 1. The molecule has 0 saturated heterocycles. The Morgan fingerprint density at radius 2 is 1.60 bits per heavy atom. The van der Waals surface area contributed by atoms with Crippen molar-refractivity contribution in [3.05, 3.63) is 118 Å². The molecule has 1 aromatic heterocycles. The molecule has 0 aliphatic carbocycles. The van der Waals surface area contributed by atoms with Crippen molar-refractivity contribution in [1.82, 2.24) is 15.0 Å². The Morgan fingerprint density at radius 3 is 2.30 bits per heavy atom. The number of para-hydroxylation sites is 1. The van der Waals surface area contributed by atoms with E-state index in [-0.39, 0.29) is 17.2 Å². The number of nitrogens with one attached hydrogen (secondary N) is 1. The van der Waals surface area contributed by atoms with Crippen LogP contribution in [0, 0.1) is 0 Å². The molecule has 1 N–H and O–H groups in total. The van der Waals surface area contributed by atoms with E-state index in [2.05, 4.69) is 15.5 Å². The monoisotopic (exact) mass is 570 g/mol. The van der Waals surface area contributed by atoms with Crippen LogP contribution in [0.2, 0.25) is 5.02 Å². The van der Waals surface area contributed by atoms with Crippen LogP contribution in [0.15, 0.2) is 112 Å². The molecule has 1 heterocycles. The number of hydrogen-bond donors (Lipinski definition) is 1. The summed E-state index contributed by atoms with van der Waals surface area (Å²) in [6, 6.07) is 28.5. The maximum Gasteiger partial charge on any atom is 0.266 e. The molecule has 1 amide bonds. The molecule has 0 bridgehead atoms. The third kappa shape index (κ3) is 6.51. The van der Waals surface area contributed by atoms with E-state index in [1.807, 2.05) is 54.6 Å². The Hall–Kier alpha value is -4.60. The number of hydrazone groups is 1. The Kier molecular flexibility index (Phi) is 8.44. The van der Waals surface area contributed by atoms with Gasteiger partial charge in [-0.1, -0.05) is 35.5 Å². The van der Waals surface area contributed by atoms with E-state index in [0.29, 0.717) is 38.3 Å². The molecule has 40 heavy (non-hydrogen) atoms. The minimum Gasteiger partial charge on any atom is -0.497 e. The fourth-order valence-electron chi connectivity index (χ4n) is 3.77. The second-order valence-electron chi connectivity index (χ2n) is 8.46. The van der Waals surface area contributed by atoms with Crippen LogP contribution in [-0.2, 0) is 4.79 Å². The SMILES string of the molecule is COc1ccc(Oc2ccc(/C=N/NC(=O)CSc3nc4ccccc4c(=O)n3-c3ccc(Cl)cc3)cc2)cc1. The predicted octanol–water partition coefficient (Wildman–Crippen LogP) is 6.08. The lowest BCUT2D eigenvalue weighted by atomic mass is 10.2. The van der Waals surface area contributed by atoms with E-state index in [1.165, 1.54) is 10.8 Å². The van der Waals surface area contributed by atoms with Gasteiger partial charge in [0.2, 0.25) is 0 Å². The number of carbonyl (C=O) groups is 1. The lowest BCUT2D eigenvalue weighted by Crippen LogP contribution is -2.24. The minimum absolute atomic E-state index is 0.00431. The van der Waals surface area contributed by atoms with Crippen molar-refractivity contribution in [2.75, 3.05) is 12.9 Å². The summed E-state index contributed by atoms with van der Waals surface area (Å²) < 4.78 is 12.5. The smallest absolute Gasteiger partial charge is 0.266 e. The van der Waals surface area contributed by atoms with Crippen LogP contribution >= 0.6 is 23.4 Å². The summed E-state index contributed by atoms with van der Waals surface area (Å²) >= 11 is 7.18. The fraction of sp³-hybridized carbons (Fsp3) is 0.0667. The highest BCUT2D eigenvalue weighted by molar-refractivity contribution is 7.99. The van der Waals surface area contributed by atoms with E-state index in [0.717, 1.165) is 23.1 Å². The number of hydrogen-bond acceptors (Lipinski definition) is 7. The van der Waals surface area contributed by atoms with Crippen molar-refractivity contribution in [3.8, 4) is 22.9 Å². The zero-order valence-electron chi connectivity index (χ0n) is 21.3. The van der Waals surface area contributed by atoms with Gasteiger partial charge in [0.1, 0.15) is 17.2 Å². The van der Waals surface area contributed by atoms with Crippen LogP contribution in [0.25, 0.3) is 16.6 Å². The highest BCUT2D eigenvalue weighted by Gasteiger charge is 2.14. The summed E-state index contributed by atoms with van der Waals surface area (Å²) in [5, 5.41) is 5.47. The standard InChI is InChI=1S/C30H23ClN4O4S/c1-38-23-14-16-25(17-15-23)39-24-12-6-20(7-13-24)18-32-34-28(36)19-40-30-33-27-5-3-2-4-26(27)29(37)35(30)22-10-8-21(31)9-11-22/h2-18H,19H2,1H3,(H,34,36)/b32-18+. The number of fused-ring (bicyclic) bond motifs is 1. The van der Waals surface area contributed by atoms with E-state index in [1.54, 1.807) is 49.6 Å². The summed E-state index contributed by atoms with van der Waals surface area (Å²) in [7, 11) is 1.61. The highest BCUT2D eigenvalue weighted by Crippen LogP contribution is 2.24. The number of methoxy groups -OCH3 is 1. The van der Waals surface area contributed by atoms with Crippen molar-refractivity contribution >= 4 is 46.4 Å². The van der Waals surface area contributed by atoms with Gasteiger partial charge in [0.15, 0.2) is 5.16 Å². The summed E-state index contributed by atoms with van der Waals surface area (Å²) in [6.07, 6.45) is 1.54. The number of rotatable bonds is 9. The van der Waals surface area contributed by atoms with Crippen LogP contribution in [0.4, 0.5) is 0 Å².